The molecular weight excluding hydrogens is 318 g/mol. The van der Waals surface area contributed by atoms with Crippen LogP contribution in [0.25, 0.3) is 5.69 Å². The first kappa shape index (κ1) is 16.7. The minimum atomic E-state index is -0.361. The highest BCUT2D eigenvalue weighted by Crippen LogP contribution is 2.12. The molecule has 3 N–H and O–H groups in total. The van der Waals surface area contributed by atoms with Gasteiger partial charge in [0.25, 0.3) is 0 Å². The molecule has 7 heteroatoms. The summed E-state index contributed by atoms with van der Waals surface area (Å²) in [5, 5.41) is 23.1. The van der Waals surface area contributed by atoms with Crippen molar-refractivity contribution in [3.63, 3.8) is 0 Å². The molecule has 128 valence electrons. The third kappa shape index (κ3) is 4.65. The molecule has 3 aromatic rings. The third-order valence-corrected chi connectivity index (χ3v) is 3.66. The maximum Gasteiger partial charge on any atom is 0.319 e. The van der Waals surface area contributed by atoms with Gasteiger partial charge in [0.1, 0.15) is 0 Å². The molecule has 0 radical (unpaired) electrons. The molecule has 0 aliphatic rings. The molecule has 1 aromatic heterocycles. The van der Waals surface area contributed by atoms with Crippen molar-refractivity contribution >= 4 is 11.7 Å². The summed E-state index contributed by atoms with van der Waals surface area (Å²) in [5.41, 5.74) is 2.50. The number of hydrogen-bond donors (Lipinski definition) is 3. The summed E-state index contributed by atoms with van der Waals surface area (Å²) in [6.45, 7) is -0.133. The quantitative estimate of drug-likeness (QED) is 0.641. The van der Waals surface area contributed by atoms with Gasteiger partial charge in [-0.15, -0.1) is 0 Å². The van der Waals surface area contributed by atoms with Crippen LogP contribution < -0.4 is 10.6 Å². The summed E-state index contributed by atoms with van der Waals surface area (Å²) >= 11 is 0. The van der Waals surface area contributed by atoms with Crippen LogP contribution in [0.2, 0.25) is 0 Å². The van der Waals surface area contributed by atoms with Crippen LogP contribution in [0, 0.1) is 0 Å². The molecule has 0 spiro atoms. The number of nitrogens with zero attached hydrogens (tertiary/aromatic N) is 3. The number of benzene rings is 2. The fourth-order valence-corrected chi connectivity index (χ4v) is 2.44. The van der Waals surface area contributed by atoms with Crippen molar-refractivity contribution in [2.75, 3.05) is 11.9 Å². The summed E-state index contributed by atoms with van der Waals surface area (Å²) in [4.78, 5) is 13.6. The van der Waals surface area contributed by atoms with Gasteiger partial charge in [-0.2, -0.15) is 15.0 Å². The second-order valence-corrected chi connectivity index (χ2v) is 5.53. The number of aromatic nitrogens is 3. The van der Waals surface area contributed by atoms with Crippen molar-refractivity contribution in [3.8, 4) is 5.69 Å². The van der Waals surface area contributed by atoms with Crippen molar-refractivity contribution in [3.05, 3.63) is 72.6 Å². The molecule has 1 heterocycles. The van der Waals surface area contributed by atoms with E-state index in [2.05, 4.69) is 20.8 Å². The standard InChI is InChI=1S/C18H19N5O2/c24-13-16(12-14-4-2-1-3-5-14)22-18(25)21-15-6-8-17(9-7-15)23-19-10-11-20-23/h1-11,16,24H,12-13H2,(H2,21,22,25)/t16-/m0/s1. The molecule has 1 atom stereocenters. The molecular formula is C18H19N5O2. The van der Waals surface area contributed by atoms with Crippen molar-refractivity contribution in [1.82, 2.24) is 20.3 Å². The average Bonchev–Trinajstić information content (AvgIpc) is 3.17. The Balaban J connectivity index is 1.56. The number of aliphatic hydroxyl groups is 1. The molecule has 0 saturated carbocycles. The monoisotopic (exact) mass is 337 g/mol. The number of nitrogens with one attached hydrogen (secondary N) is 2. The van der Waals surface area contributed by atoms with Gasteiger partial charge >= 0.3 is 6.03 Å². The molecule has 0 aliphatic carbocycles. The molecule has 2 amide bonds. The van der Waals surface area contributed by atoms with Gasteiger partial charge in [0.15, 0.2) is 0 Å². The van der Waals surface area contributed by atoms with Crippen LogP contribution in [-0.4, -0.2) is 38.8 Å². The van der Waals surface area contributed by atoms with Crippen LogP contribution in [0.15, 0.2) is 67.0 Å². The Bertz CT molecular complexity index is 788. The molecule has 3 rings (SSSR count). The van der Waals surface area contributed by atoms with Gasteiger partial charge in [-0.05, 0) is 36.2 Å². The molecule has 0 fully saturated rings. The summed E-state index contributed by atoms with van der Waals surface area (Å²) < 4.78 is 0. The lowest BCUT2D eigenvalue weighted by Gasteiger charge is -2.17. The Labute approximate surface area is 145 Å². The maximum absolute atomic E-state index is 12.1. The van der Waals surface area contributed by atoms with E-state index in [9.17, 15) is 9.90 Å². The first-order valence-corrected chi connectivity index (χ1v) is 7.93. The van der Waals surface area contributed by atoms with E-state index in [1.54, 1.807) is 24.5 Å². The number of anilines is 1. The SMILES string of the molecule is O=C(Nc1ccc(-n2nccn2)cc1)N[C@H](CO)Cc1ccccc1. The Kier molecular flexibility index (Phi) is 5.38. The van der Waals surface area contributed by atoms with Crippen molar-refractivity contribution in [1.29, 1.82) is 0 Å². The predicted molar refractivity (Wildman–Crippen MR) is 94.5 cm³/mol. The number of carbonyl (C=O) groups is 1. The second-order valence-electron chi connectivity index (χ2n) is 5.53. The molecule has 7 nitrogen and oxygen atoms in total. The number of amides is 2. The number of aliphatic hydroxyl groups excluding tert-OH is 1. The second kappa shape index (κ2) is 8.07. The Morgan fingerprint density at radius 1 is 1.04 bits per heavy atom. The zero-order valence-corrected chi connectivity index (χ0v) is 13.5. The molecule has 0 unspecified atom stereocenters. The van der Waals surface area contributed by atoms with E-state index in [0.29, 0.717) is 12.1 Å². The van der Waals surface area contributed by atoms with Crippen LogP contribution >= 0.6 is 0 Å². The fourth-order valence-electron chi connectivity index (χ4n) is 2.44. The van der Waals surface area contributed by atoms with Gasteiger partial charge in [0.2, 0.25) is 0 Å². The Hall–Kier alpha value is -3.19. The van der Waals surface area contributed by atoms with E-state index in [4.69, 9.17) is 0 Å². The van der Waals surface area contributed by atoms with Crippen molar-refractivity contribution in [2.24, 2.45) is 0 Å². The van der Waals surface area contributed by atoms with Gasteiger partial charge in [0, 0.05) is 5.69 Å². The van der Waals surface area contributed by atoms with E-state index in [1.807, 2.05) is 42.5 Å². The molecule has 0 bridgehead atoms. The van der Waals surface area contributed by atoms with Gasteiger partial charge < -0.3 is 15.7 Å². The van der Waals surface area contributed by atoms with Crippen LogP contribution in [0.4, 0.5) is 10.5 Å². The molecule has 2 aromatic carbocycles. The van der Waals surface area contributed by atoms with E-state index in [1.165, 1.54) is 4.80 Å². The average molecular weight is 337 g/mol. The Morgan fingerprint density at radius 3 is 2.36 bits per heavy atom. The first-order chi connectivity index (χ1) is 12.2. The van der Waals surface area contributed by atoms with Crippen LogP contribution in [-0.2, 0) is 6.42 Å². The smallest absolute Gasteiger partial charge is 0.319 e. The van der Waals surface area contributed by atoms with Gasteiger partial charge in [-0.25, -0.2) is 4.79 Å². The molecule has 25 heavy (non-hydrogen) atoms. The summed E-state index contributed by atoms with van der Waals surface area (Å²) in [6, 6.07) is 16.2. The van der Waals surface area contributed by atoms with Crippen LogP contribution in [0.3, 0.4) is 0 Å². The zero-order valence-electron chi connectivity index (χ0n) is 13.5. The van der Waals surface area contributed by atoms with Gasteiger partial charge in [-0.1, -0.05) is 30.3 Å². The van der Waals surface area contributed by atoms with Crippen molar-refractivity contribution < 1.29 is 9.90 Å². The highest BCUT2D eigenvalue weighted by atomic mass is 16.3. The number of carbonyl (C=O) groups excluding carboxylic acids is 1. The first-order valence-electron chi connectivity index (χ1n) is 7.93. The van der Waals surface area contributed by atoms with Crippen LogP contribution in [0.1, 0.15) is 5.56 Å². The maximum atomic E-state index is 12.1. The summed E-state index contributed by atoms with van der Waals surface area (Å²) in [7, 11) is 0. The lowest BCUT2D eigenvalue weighted by Crippen LogP contribution is -2.41. The zero-order chi connectivity index (χ0) is 17.5. The fraction of sp³-hybridized carbons (Fsp3) is 0.167. The molecule has 0 saturated heterocycles. The number of hydrogen-bond acceptors (Lipinski definition) is 4. The van der Waals surface area contributed by atoms with E-state index >= 15 is 0 Å². The minimum absolute atomic E-state index is 0.133. The lowest BCUT2D eigenvalue weighted by molar-refractivity contribution is 0.224. The van der Waals surface area contributed by atoms with Crippen molar-refractivity contribution in [2.45, 2.75) is 12.5 Å². The van der Waals surface area contributed by atoms with E-state index in [-0.39, 0.29) is 18.7 Å². The van der Waals surface area contributed by atoms with E-state index < -0.39 is 0 Å². The minimum Gasteiger partial charge on any atom is -0.394 e. The largest absolute Gasteiger partial charge is 0.394 e. The predicted octanol–water partition coefficient (Wildman–Crippen LogP) is 1.99. The highest BCUT2D eigenvalue weighted by molar-refractivity contribution is 5.89. The third-order valence-electron chi connectivity index (χ3n) is 3.66. The summed E-state index contributed by atoms with van der Waals surface area (Å²) in [6.07, 6.45) is 3.76. The highest BCUT2D eigenvalue weighted by Gasteiger charge is 2.12. The lowest BCUT2D eigenvalue weighted by atomic mass is 10.1. The number of rotatable bonds is 6. The van der Waals surface area contributed by atoms with E-state index in [0.717, 1.165) is 11.3 Å². The topological polar surface area (TPSA) is 92.1 Å². The molecule has 0 aliphatic heterocycles. The number of urea groups is 1. The van der Waals surface area contributed by atoms with Gasteiger partial charge in [-0.3, -0.25) is 0 Å². The Morgan fingerprint density at radius 2 is 1.72 bits per heavy atom. The van der Waals surface area contributed by atoms with Gasteiger partial charge in [0.05, 0.1) is 30.7 Å². The summed E-state index contributed by atoms with van der Waals surface area (Å²) in [5.74, 6) is 0. The normalized spacial score (nSPS) is 11.7. The van der Waals surface area contributed by atoms with Crippen LogP contribution in [0.5, 0.6) is 0 Å².